The van der Waals surface area contributed by atoms with Gasteiger partial charge in [-0.2, -0.15) is 0 Å². The van der Waals surface area contributed by atoms with Gasteiger partial charge in [0.05, 0.1) is 0 Å². The zero-order chi connectivity index (χ0) is 15.6. The normalized spacial score (nSPS) is 19.8. The molecule has 1 aromatic rings. The standard InChI is InChI=1S/C16H26N4O/c1-11(2)14-8-12(9-15(17)18-14)16(21)20(4)13-6-5-7-19(3)10-13/h8-9,11,13H,5-7,10H2,1-4H3,(H2,17,18). The fourth-order valence-electron chi connectivity index (χ4n) is 2.82. The lowest BCUT2D eigenvalue weighted by molar-refractivity contribution is 0.0644. The number of rotatable bonds is 3. The molecule has 0 aromatic carbocycles. The summed E-state index contributed by atoms with van der Waals surface area (Å²) in [5, 5.41) is 0. The number of likely N-dealkylation sites (tertiary alicyclic amines) is 1. The van der Waals surface area contributed by atoms with Crippen molar-refractivity contribution >= 4 is 11.7 Å². The number of aromatic nitrogens is 1. The van der Waals surface area contributed by atoms with Crippen molar-refractivity contribution in [2.75, 3.05) is 32.9 Å². The number of likely N-dealkylation sites (N-methyl/N-ethyl adjacent to an activating group) is 2. The number of amides is 1. The Labute approximate surface area is 127 Å². The Kier molecular flexibility index (Phi) is 4.83. The van der Waals surface area contributed by atoms with Gasteiger partial charge in [-0.05, 0) is 44.5 Å². The van der Waals surface area contributed by atoms with Crippen LogP contribution < -0.4 is 5.73 Å². The number of hydrogen-bond donors (Lipinski definition) is 1. The summed E-state index contributed by atoms with van der Waals surface area (Å²) < 4.78 is 0. The summed E-state index contributed by atoms with van der Waals surface area (Å²) in [6.45, 7) is 6.14. The molecule has 1 atom stereocenters. The van der Waals surface area contributed by atoms with Crippen LogP contribution in [0.15, 0.2) is 12.1 Å². The summed E-state index contributed by atoms with van der Waals surface area (Å²) >= 11 is 0. The first-order chi connectivity index (χ1) is 9.88. The van der Waals surface area contributed by atoms with Gasteiger partial charge in [-0.25, -0.2) is 4.98 Å². The maximum absolute atomic E-state index is 12.7. The lowest BCUT2D eigenvalue weighted by Gasteiger charge is -2.36. The van der Waals surface area contributed by atoms with Gasteiger partial charge in [0.1, 0.15) is 5.82 Å². The van der Waals surface area contributed by atoms with E-state index in [4.69, 9.17) is 5.73 Å². The van der Waals surface area contributed by atoms with Crippen molar-refractivity contribution < 1.29 is 4.79 Å². The summed E-state index contributed by atoms with van der Waals surface area (Å²) in [5.41, 5.74) is 7.35. The summed E-state index contributed by atoms with van der Waals surface area (Å²) in [6, 6.07) is 3.82. The molecule has 1 saturated heterocycles. The first kappa shape index (κ1) is 15.8. The second kappa shape index (κ2) is 6.43. The number of nitrogens with zero attached hydrogens (tertiary/aromatic N) is 3. The molecule has 1 aliphatic heterocycles. The van der Waals surface area contributed by atoms with Crippen LogP contribution in [-0.4, -0.2) is 53.9 Å². The third-order valence-corrected chi connectivity index (χ3v) is 4.17. The molecule has 1 fully saturated rings. The summed E-state index contributed by atoms with van der Waals surface area (Å²) in [5.74, 6) is 0.705. The van der Waals surface area contributed by atoms with Crippen LogP contribution in [0.25, 0.3) is 0 Å². The molecule has 5 heteroatoms. The van der Waals surface area contributed by atoms with Gasteiger partial charge in [0.15, 0.2) is 0 Å². The van der Waals surface area contributed by atoms with Crippen molar-refractivity contribution in [2.45, 2.75) is 38.6 Å². The van der Waals surface area contributed by atoms with Crippen LogP contribution in [0, 0.1) is 0 Å². The van der Waals surface area contributed by atoms with Crippen LogP contribution in [0.2, 0.25) is 0 Å². The fraction of sp³-hybridized carbons (Fsp3) is 0.625. The number of pyridine rings is 1. The summed E-state index contributed by atoms with van der Waals surface area (Å²) in [6.07, 6.45) is 2.19. The van der Waals surface area contributed by atoms with Crippen LogP contribution in [0.3, 0.4) is 0 Å². The number of nitrogens with two attached hydrogens (primary N) is 1. The van der Waals surface area contributed by atoms with Crippen molar-refractivity contribution in [3.8, 4) is 0 Å². The molecule has 5 nitrogen and oxygen atoms in total. The largest absolute Gasteiger partial charge is 0.384 e. The number of piperidine rings is 1. The molecule has 0 radical (unpaired) electrons. The third kappa shape index (κ3) is 3.73. The van der Waals surface area contributed by atoms with E-state index in [9.17, 15) is 4.79 Å². The van der Waals surface area contributed by atoms with Crippen LogP contribution in [-0.2, 0) is 0 Å². The molecule has 0 spiro atoms. The van der Waals surface area contributed by atoms with Crippen molar-refractivity contribution in [1.29, 1.82) is 0 Å². The number of hydrogen-bond acceptors (Lipinski definition) is 4. The van der Waals surface area contributed by atoms with Gasteiger partial charge in [-0.1, -0.05) is 13.8 Å². The quantitative estimate of drug-likeness (QED) is 0.924. The van der Waals surface area contributed by atoms with E-state index in [1.165, 1.54) is 0 Å². The van der Waals surface area contributed by atoms with Crippen molar-refractivity contribution in [1.82, 2.24) is 14.8 Å². The molecule has 2 heterocycles. The van der Waals surface area contributed by atoms with Crippen molar-refractivity contribution in [3.05, 3.63) is 23.4 Å². The zero-order valence-electron chi connectivity index (χ0n) is 13.5. The molecule has 2 rings (SSSR count). The van der Waals surface area contributed by atoms with Gasteiger partial charge < -0.3 is 15.5 Å². The van der Waals surface area contributed by atoms with Crippen molar-refractivity contribution in [3.63, 3.8) is 0 Å². The van der Waals surface area contributed by atoms with Crippen LogP contribution >= 0.6 is 0 Å². The Balaban J connectivity index is 2.18. The molecular weight excluding hydrogens is 264 g/mol. The molecule has 0 saturated carbocycles. The lowest BCUT2D eigenvalue weighted by atomic mass is 10.0. The molecule has 1 aliphatic rings. The van der Waals surface area contributed by atoms with E-state index in [0.29, 0.717) is 11.4 Å². The van der Waals surface area contributed by atoms with E-state index < -0.39 is 0 Å². The Hall–Kier alpha value is -1.62. The molecule has 1 unspecified atom stereocenters. The van der Waals surface area contributed by atoms with Gasteiger partial charge in [0, 0.05) is 30.9 Å². The Morgan fingerprint density at radius 1 is 1.48 bits per heavy atom. The highest BCUT2D eigenvalue weighted by Crippen LogP contribution is 2.20. The minimum atomic E-state index is 0.0336. The lowest BCUT2D eigenvalue weighted by Crippen LogP contribution is -2.47. The van der Waals surface area contributed by atoms with E-state index in [-0.39, 0.29) is 17.9 Å². The second-order valence-electron chi connectivity index (χ2n) is 6.33. The molecule has 21 heavy (non-hydrogen) atoms. The van der Waals surface area contributed by atoms with Gasteiger partial charge in [0.2, 0.25) is 0 Å². The van der Waals surface area contributed by atoms with Gasteiger partial charge >= 0.3 is 0 Å². The monoisotopic (exact) mass is 290 g/mol. The fourth-order valence-corrected chi connectivity index (χ4v) is 2.82. The van der Waals surface area contributed by atoms with Gasteiger partial charge in [0.25, 0.3) is 5.91 Å². The molecular formula is C16H26N4O. The topological polar surface area (TPSA) is 62.5 Å². The first-order valence-corrected chi connectivity index (χ1v) is 7.61. The van der Waals surface area contributed by atoms with E-state index in [1.807, 2.05) is 18.0 Å². The van der Waals surface area contributed by atoms with E-state index >= 15 is 0 Å². The number of anilines is 1. The molecule has 1 aromatic heterocycles. The van der Waals surface area contributed by atoms with Crippen LogP contribution in [0.5, 0.6) is 0 Å². The minimum absolute atomic E-state index is 0.0336. The average molecular weight is 290 g/mol. The van der Waals surface area contributed by atoms with E-state index in [0.717, 1.165) is 31.6 Å². The molecule has 116 valence electrons. The number of carbonyl (C=O) groups is 1. The highest BCUT2D eigenvalue weighted by molar-refractivity contribution is 5.95. The first-order valence-electron chi connectivity index (χ1n) is 7.61. The second-order valence-corrected chi connectivity index (χ2v) is 6.33. The van der Waals surface area contributed by atoms with Crippen LogP contribution in [0.1, 0.15) is 48.7 Å². The molecule has 0 aliphatic carbocycles. The Morgan fingerprint density at radius 3 is 2.81 bits per heavy atom. The van der Waals surface area contributed by atoms with E-state index in [2.05, 4.69) is 30.8 Å². The highest BCUT2D eigenvalue weighted by atomic mass is 16.2. The maximum Gasteiger partial charge on any atom is 0.254 e. The van der Waals surface area contributed by atoms with Crippen LogP contribution in [0.4, 0.5) is 5.82 Å². The average Bonchev–Trinajstić information content (AvgIpc) is 2.45. The zero-order valence-corrected chi connectivity index (χ0v) is 13.5. The van der Waals surface area contributed by atoms with E-state index in [1.54, 1.807) is 6.07 Å². The third-order valence-electron chi connectivity index (χ3n) is 4.17. The Bertz CT molecular complexity index is 515. The summed E-state index contributed by atoms with van der Waals surface area (Å²) in [7, 11) is 3.99. The number of nitrogen functional groups attached to an aromatic ring is 1. The Morgan fingerprint density at radius 2 is 2.19 bits per heavy atom. The molecule has 0 bridgehead atoms. The maximum atomic E-state index is 12.7. The SMILES string of the molecule is CC(C)c1cc(C(=O)N(C)C2CCCN(C)C2)cc(N)n1. The summed E-state index contributed by atoms with van der Waals surface area (Å²) in [4.78, 5) is 21.1. The molecule has 2 N–H and O–H groups in total. The van der Waals surface area contributed by atoms with Gasteiger partial charge in [-0.3, -0.25) is 4.79 Å². The predicted molar refractivity (Wildman–Crippen MR) is 85.4 cm³/mol. The molecule has 1 amide bonds. The number of carbonyl (C=O) groups excluding carboxylic acids is 1. The minimum Gasteiger partial charge on any atom is -0.384 e. The smallest absolute Gasteiger partial charge is 0.254 e. The van der Waals surface area contributed by atoms with Gasteiger partial charge in [-0.15, -0.1) is 0 Å². The predicted octanol–water partition coefficient (Wildman–Crippen LogP) is 1.95. The highest BCUT2D eigenvalue weighted by Gasteiger charge is 2.25. The van der Waals surface area contributed by atoms with Crippen molar-refractivity contribution in [2.24, 2.45) is 0 Å².